The predicted molar refractivity (Wildman–Crippen MR) is 135 cm³/mol. The summed E-state index contributed by atoms with van der Waals surface area (Å²) in [4.78, 5) is 16.2. The zero-order chi connectivity index (χ0) is 24.0. The number of rotatable bonds is 7. The highest BCUT2D eigenvalue weighted by Gasteiger charge is 2.35. The van der Waals surface area contributed by atoms with Crippen molar-refractivity contribution < 1.29 is 22.7 Å². The first-order valence-corrected chi connectivity index (χ1v) is 11.5. The molecule has 0 aromatic heterocycles. The van der Waals surface area contributed by atoms with E-state index in [2.05, 4.69) is 10.2 Å². The number of para-hydroxylation sites is 1. The molecule has 1 saturated heterocycles. The number of carbonyl (C=O) groups excluding carboxylic acids is 1. The molecule has 0 saturated carbocycles. The van der Waals surface area contributed by atoms with Crippen LogP contribution in [0.5, 0.6) is 5.75 Å². The van der Waals surface area contributed by atoms with Crippen molar-refractivity contribution in [3.8, 4) is 5.75 Å². The van der Waals surface area contributed by atoms with Crippen LogP contribution in [0.2, 0.25) is 0 Å². The van der Waals surface area contributed by atoms with Crippen molar-refractivity contribution in [3.05, 3.63) is 72.3 Å². The molecule has 9 heteroatoms. The molecule has 1 fully saturated rings. The second-order valence-electron chi connectivity index (χ2n) is 8.34. The molecule has 4 rings (SSSR count). The lowest BCUT2D eigenvalue weighted by molar-refractivity contribution is -0.137. The highest BCUT2D eigenvalue weighted by molar-refractivity contribution is 5.90. The van der Waals surface area contributed by atoms with Gasteiger partial charge in [0.2, 0.25) is 0 Å². The molecule has 35 heavy (non-hydrogen) atoms. The molecule has 0 radical (unpaired) electrons. The van der Waals surface area contributed by atoms with Crippen LogP contribution in [0.1, 0.15) is 18.4 Å². The molecule has 5 nitrogen and oxygen atoms in total. The number of alkyl halides is 3. The number of hydrogen-bond donors (Lipinski definition) is 1. The van der Waals surface area contributed by atoms with Crippen LogP contribution in [0.15, 0.2) is 66.7 Å². The number of nitrogens with one attached hydrogen (secondary N) is 1. The van der Waals surface area contributed by atoms with Crippen molar-refractivity contribution >= 4 is 35.0 Å². The van der Waals surface area contributed by atoms with Gasteiger partial charge in [-0.3, -0.25) is 4.90 Å². The number of hydrogen-bond acceptors (Lipinski definition) is 4. The minimum Gasteiger partial charge on any atom is -0.410 e. The third kappa shape index (κ3) is 7.02. The standard InChI is InChI=1S/C26H28F3N3O2.ClH/c27-26(28,29)22-11-3-4-12-23(22)32-18-16-31(17-19-32)15-6-5-14-30-25(33)34-24-13-7-9-20-8-1-2-10-21(20)24;/h1-4,7-13H,5-6,14-19H2,(H,30,33);1H. The number of ether oxygens (including phenoxy) is 1. The summed E-state index contributed by atoms with van der Waals surface area (Å²) in [5, 5.41) is 4.68. The van der Waals surface area contributed by atoms with Gasteiger partial charge in [-0.15, -0.1) is 12.4 Å². The van der Waals surface area contributed by atoms with E-state index in [9.17, 15) is 18.0 Å². The van der Waals surface area contributed by atoms with Crippen LogP contribution in [-0.4, -0.2) is 50.3 Å². The molecule has 1 heterocycles. The van der Waals surface area contributed by atoms with Crippen molar-refractivity contribution in [1.29, 1.82) is 0 Å². The SMILES string of the molecule is Cl.O=C(NCCCCN1CCN(c2ccccc2C(F)(F)F)CC1)Oc1cccc2ccccc12. The summed E-state index contributed by atoms with van der Waals surface area (Å²) in [6.45, 7) is 3.88. The van der Waals surface area contributed by atoms with E-state index in [1.807, 2.05) is 41.3 Å². The third-order valence-corrected chi connectivity index (χ3v) is 6.05. The first-order chi connectivity index (χ1) is 16.4. The lowest BCUT2D eigenvalue weighted by Gasteiger charge is -2.37. The maximum Gasteiger partial charge on any atom is 0.418 e. The van der Waals surface area contributed by atoms with Crippen LogP contribution in [0.25, 0.3) is 10.8 Å². The van der Waals surface area contributed by atoms with Gasteiger partial charge < -0.3 is 15.0 Å². The smallest absolute Gasteiger partial charge is 0.410 e. The first kappa shape index (κ1) is 26.6. The third-order valence-electron chi connectivity index (χ3n) is 6.05. The van der Waals surface area contributed by atoms with E-state index in [1.165, 1.54) is 6.07 Å². The number of amides is 1. The number of carbonyl (C=O) groups is 1. The topological polar surface area (TPSA) is 44.8 Å². The minimum absolute atomic E-state index is 0. The number of nitrogens with zero attached hydrogens (tertiary/aromatic N) is 2. The number of piperazine rings is 1. The number of benzene rings is 3. The minimum atomic E-state index is -4.35. The zero-order valence-electron chi connectivity index (χ0n) is 19.3. The molecule has 1 N–H and O–H groups in total. The van der Waals surface area contributed by atoms with Gasteiger partial charge in [0.15, 0.2) is 0 Å². The predicted octanol–water partition coefficient (Wildman–Crippen LogP) is 5.97. The first-order valence-electron chi connectivity index (χ1n) is 11.5. The van der Waals surface area contributed by atoms with E-state index in [1.54, 1.807) is 18.2 Å². The monoisotopic (exact) mass is 507 g/mol. The van der Waals surface area contributed by atoms with Crippen LogP contribution < -0.4 is 15.0 Å². The number of anilines is 1. The van der Waals surface area contributed by atoms with Crippen LogP contribution in [0, 0.1) is 0 Å². The maximum atomic E-state index is 13.3. The maximum absolute atomic E-state index is 13.3. The fourth-order valence-corrected chi connectivity index (χ4v) is 4.27. The second-order valence-corrected chi connectivity index (χ2v) is 8.34. The van der Waals surface area contributed by atoms with Crippen LogP contribution in [-0.2, 0) is 6.18 Å². The average Bonchev–Trinajstić information content (AvgIpc) is 2.84. The van der Waals surface area contributed by atoms with E-state index in [4.69, 9.17) is 4.74 Å². The summed E-state index contributed by atoms with van der Waals surface area (Å²) < 4.78 is 45.3. The summed E-state index contributed by atoms with van der Waals surface area (Å²) in [5.74, 6) is 0.528. The van der Waals surface area contributed by atoms with Crippen molar-refractivity contribution in [2.45, 2.75) is 19.0 Å². The quantitative estimate of drug-likeness (QED) is 0.400. The Morgan fingerprint density at radius 3 is 2.34 bits per heavy atom. The van der Waals surface area contributed by atoms with Gasteiger partial charge in [0.25, 0.3) is 0 Å². The Morgan fingerprint density at radius 1 is 0.886 bits per heavy atom. The molecule has 188 valence electrons. The molecule has 1 aliphatic heterocycles. The summed E-state index contributed by atoms with van der Waals surface area (Å²) in [6.07, 6.45) is -3.15. The summed E-state index contributed by atoms with van der Waals surface area (Å²) in [6, 6.07) is 19.1. The second kappa shape index (κ2) is 12.1. The van der Waals surface area contributed by atoms with Gasteiger partial charge >= 0.3 is 12.3 Å². The van der Waals surface area contributed by atoms with Crippen LogP contribution >= 0.6 is 12.4 Å². The van der Waals surface area contributed by atoms with Gasteiger partial charge in [-0.1, -0.05) is 48.5 Å². The Bertz CT molecular complexity index is 1110. The molecule has 0 bridgehead atoms. The van der Waals surface area contributed by atoms with Gasteiger partial charge in [0.05, 0.1) is 5.56 Å². The van der Waals surface area contributed by atoms with Crippen molar-refractivity contribution in [2.24, 2.45) is 0 Å². The average molecular weight is 508 g/mol. The van der Waals surface area contributed by atoms with Crippen LogP contribution in [0.3, 0.4) is 0 Å². The Hall–Kier alpha value is -2.97. The Morgan fingerprint density at radius 2 is 1.57 bits per heavy atom. The largest absolute Gasteiger partial charge is 0.418 e. The highest BCUT2D eigenvalue weighted by Crippen LogP contribution is 2.36. The molecule has 0 unspecified atom stereocenters. The summed E-state index contributed by atoms with van der Waals surface area (Å²) in [5.41, 5.74) is -0.325. The van der Waals surface area contributed by atoms with E-state index >= 15 is 0 Å². The van der Waals surface area contributed by atoms with Gasteiger partial charge in [0.1, 0.15) is 5.75 Å². The normalized spacial score (nSPS) is 14.4. The van der Waals surface area contributed by atoms with E-state index in [-0.39, 0.29) is 18.1 Å². The fraction of sp³-hybridized carbons (Fsp3) is 0.346. The number of fused-ring (bicyclic) bond motifs is 1. The fourth-order valence-electron chi connectivity index (χ4n) is 4.27. The van der Waals surface area contributed by atoms with E-state index in [0.29, 0.717) is 38.5 Å². The Labute approximate surface area is 209 Å². The molecular weight excluding hydrogens is 479 g/mol. The molecule has 1 aliphatic rings. The van der Waals surface area contributed by atoms with Crippen molar-refractivity contribution in [1.82, 2.24) is 10.2 Å². The Balaban J connectivity index is 0.00000342. The van der Waals surface area contributed by atoms with E-state index < -0.39 is 17.8 Å². The van der Waals surface area contributed by atoms with Gasteiger partial charge in [-0.05, 0) is 43.0 Å². The lowest BCUT2D eigenvalue weighted by Crippen LogP contribution is -2.47. The Kier molecular flexibility index (Phi) is 9.23. The molecule has 0 aliphatic carbocycles. The van der Waals surface area contributed by atoms with Gasteiger partial charge in [0, 0.05) is 43.8 Å². The molecule has 3 aromatic rings. The van der Waals surface area contributed by atoms with E-state index in [0.717, 1.165) is 36.2 Å². The molecular formula is C26H29ClF3N3O2. The molecule has 0 atom stereocenters. The van der Waals surface area contributed by atoms with Crippen LogP contribution in [0.4, 0.5) is 23.7 Å². The summed E-state index contributed by atoms with van der Waals surface area (Å²) in [7, 11) is 0. The number of unbranched alkanes of at least 4 members (excludes halogenated alkanes) is 1. The zero-order valence-corrected chi connectivity index (χ0v) is 20.1. The molecule has 3 aromatic carbocycles. The summed E-state index contributed by atoms with van der Waals surface area (Å²) >= 11 is 0. The lowest BCUT2D eigenvalue weighted by atomic mass is 10.1. The van der Waals surface area contributed by atoms with Gasteiger partial charge in [-0.2, -0.15) is 13.2 Å². The van der Waals surface area contributed by atoms with Crippen molar-refractivity contribution in [2.75, 3.05) is 44.2 Å². The number of halogens is 4. The highest BCUT2D eigenvalue weighted by atomic mass is 35.5. The van der Waals surface area contributed by atoms with Gasteiger partial charge in [-0.25, -0.2) is 4.79 Å². The molecule has 1 amide bonds. The molecule has 0 spiro atoms. The van der Waals surface area contributed by atoms with Crippen molar-refractivity contribution in [3.63, 3.8) is 0 Å².